The summed E-state index contributed by atoms with van der Waals surface area (Å²) in [4.78, 5) is 11.3. The minimum Gasteiger partial charge on any atom is -0.328 e. The maximum absolute atomic E-state index is 6.02. The first-order chi connectivity index (χ1) is 9.22. The summed E-state index contributed by atoms with van der Waals surface area (Å²) in [5.74, 6) is 0. The minimum atomic E-state index is 0.341. The molecule has 0 spiro atoms. The first-order valence-corrected chi connectivity index (χ1v) is 7.49. The average Bonchev–Trinajstić information content (AvgIpc) is 2.46. The molecule has 1 heterocycles. The highest BCUT2D eigenvalue weighted by Gasteiger charge is 2.28. The summed E-state index contributed by atoms with van der Waals surface area (Å²) in [7, 11) is 0. The van der Waals surface area contributed by atoms with Crippen LogP contribution < -0.4 is 5.73 Å². The molecule has 0 aliphatic heterocycles. The molecule has 1 aromatic heterocycles. The van der Waals surface area contributed by atoms with E-state index in [1.165, 1.54) is 19.3 Å². The molecule has 4 heteroatoms. The Morgan fingerprint density at radius 2 is 2.05 bits per heavy atom. The molecule has 1 aliphatic rings. The summed E-state index contributed by atoms with van der Waals surface area (Å²) in [6.07, 6.45) is 11.3. The van der Waals surface area contributed by atoms with E-state index in [9.17, 15) is 0 Å². The Kier molecular flexibility index (Phi) is 5.28. The van der Waals surface area contributed by atoms with E-state index in [-0.39, 0.29) is 0 Å². The lowest BCUT2D eigenvalue weighted by atomic mass is 9.89. The third-order valence-electron chi connectivity index (χ3n) is 4.20. The third-order valence-corrected chi connectivity index (χ3v) is 4.20. The van der Waals surface area contributed by atoms with Crippen LogP contribution in [0.5, 0.6) is 0 Å². The zero-order chi connectivity index (χ0) is 13.7. The van der Waals surface area contributed by atoms with Gasteiger partial charge in [-0.2, -0.15) is 0 Å². The molecule has 106 valence electrons. The monoisotopic (exact) mass is 262 g/mol. The standard InChI is InChI=1S/C15H26N4/c1-3-10-19(14-6-4-13(16)5-7-14)12(2)15-11-17-8-9-18-15/h8-9,11-14H,3-7,10,16H2,1-2H3. The minimum absolute atomic E-state index is 0.341. The first kappa shape index (κ1) is 14.4. The second-order valence-electron chi connectivity index (χ2n) is 5.61. The van der Waals surface area contributed by atoms with E-state index in [1.54, 1.807) is 12.4 Å². The molecular formula is C15H26N4. The SMILES string of the molecule is CCCN(C1CCC(N)CC1)C(C)c1cnccn1. The Morgan fingerprint density at radius 3 is 2.63 bits per heavy atom. The normalized spacial score (nSPS) is 25.5. The van der Waals surface area contributed by atoms with E-state index in [4.69, 9.17) is 5.73 Å². The van der Waals surface area contributed by atoms with Crippen molar-refractivity contribution >= 4 is 0 Å². The fraction of sp³-hybridized carbons (Fsp3) is 0.733. The number of hydrogen-bond acceptors (Lipinski definition) is 4. The average molecular weight is 262 g/mol. The van der Waals surface area contributed by atoms with Crippen molar-refractivity contribution in [3.8, 4) is 0 Å². The lowest BCUT2D eigenvalue weighted by Crippen LogP contribution is -2.42. The molecular weight excluding hydrogens is 236 g/mol. The van der Waals surface area contributed by atoms with Crippen LogP contribution in [0, 0.1) is 0 Å². The van der Waals surface area contributed by atoms with Gasteiger partial charge in [0.15, 0.2) is 0 Å². The molecule has 1 aliphatic carbocycles. The molecule has 1 saturated carbocycles. The number of rotatable bonds is 5. The van der Waals surface area contributed by atoms with E-state index < -0.39 is 0 Å². The van der Waals surface area contributed by atoms with Crippen LogP contribution in [0.2, 0.25) is 0 Å². The van der Waals surface area contributed by atoms with Gasteiger partial charge in [-0.25, -0.2) is 0 Å². The lowest BCUT2D eigenvalue weighted by molar-refractivity contribution is 0.105. The van der Waals surface area contributed by atoms with Crippen molar-refractivity contribution in [1.82, 2.24) is 14.9 Å². The van der Waals surface area contributed by atoms with Gasteiger partial charge in [-0.15, -0.1) is 0 Å². The molecule has 1 atom stereocenters. The van der Waals surface area contributed by atoms with Crippen LogP contribution in [0.3, 0.4) is 0 Å². The van der Waals surface area contributed by atoms with Crippen LogP contribution >= 0.6 is 0 Å². The number of hydrogen-bond donors (Lipinski definition) is 1. The summed E-state index contributed by atoms with van der Waals surface area (Å²) in [6.45, 7) is 5.61. The zero-order valence-electron chi connectivity index (χ0n) is 12.1. The van der Waals surface area contributed by atoms with Crippen molar-refractivity contribution in [1.29, 1.82) is 0 Å². The van der Waals surface area contributed by atoms with Crippen molar-refractivity contribution < 1.29 is 0 Å². The third kappa shape index (κ3) is 3.74. The smallest absolute Gasteiger partial charge is 0.0755 e. The fourth-order valence-electron chi connectivity index (χ4n) is 3.08. The molecule has 0 radical (unpaired) electrons. The molecule has 4 nitrogen and oxygen atoms in total. The highest BCUT2D eigenvalue weighted by molar-refractivity contribution is 5.02. The summed E-state index contributed by atoms with van der Waals surface area (Å²) in [5.41, 5.74) is 7.09. The van der Waals surface area contributed by atoms with Gasteiger partial charge in [0.2, 0.25) is 0 Å². The second-order valence-corrected chi connectivity index (χ2v) is 5.61. The second kappa shape index (κ2) is 6.96. The predicted molar refractivity (Wildman–Crippen MR) is 77.7 cm³/mol. The van der Waals surface area contributed by atoms with Gasteiger partial charge in [0.05, 0.1) is 11.7 Å². The maximum Gasteiger partial charge on any atom is 0.0755 e. The van der Waals surface area contributed by atoms with Gasteiger partial charge in [-0.1, -0.05) is 6.92 Å². The van der Waals surface area contributed by atoms with Crippen molar-refractivity contribution in [3.63, 3.8) is 0 Å². The van der Waals surface area contributed by atoms with E-state index in [0.29, 0.717) is 18.1 Å². The highest BCUT2D eigenvalue weighted by Crippen LogP contribution is 2.28. The van der Waals surface area contributed by atoms with Crippen LogP contribution in [-0.4, -0.2) is 33.5 Å². The topological polar surface area (TPSA) is 55.0 Å². The van der Waals surface area contributed by atoms with Gasteiger partial charge in [0, 0.05) is 30.7 Å². The Labute approximate surface area is 116 Å². The molecule has 2 N–H and O–H groups in total. The van der Waals surface area contributed by atoms with Gasteiger partial charge in [-0.3, -0.25) is 14.9 Å². The number of aromatic nitrogens is 2. The van der Waals surface area contributed by atoms with Crippen LogP contribution in [0.1, 0.15) is 57.7 Å². The van der Waals surface area contributed by atoms with Crippen LogP contribution in [0.25, 0.3) is 0 Å². The summed E-state index contributed by atoms with van der Waals surface area (Å²) in [5, 5.41) is 0. The Bertz CT molecular complexity index is 360. The first-order valence-electron chi connectivity index (χ1n) is 7.49. The molecule has 0 aromatic carbocycles. The lowest BCUT2D eigenvalue weighted by Gasteiger charge is -2.39. The van der Waals surface area contributed by atoms with Gasteiger partial charge < -0.3 is 5.73 Å². The molecule has 1 unspecified atom stereocenters. The predicted octanol–water partition coefficient (Wildman–Crippen LogP) is 2.52. The molecule has 0 bridgehead atoms. The molecule has 2 rings (SSSR count). The van der Waals surface area contributed by atoms with Crippen molar-refractivity contribution in [2.45, 2.75) is 64.1 Å². The van der Waals surface area contributed by atoms with Gasteiger partial charge >= 0.3 is 0 Å². The molecule has 0 amide bonds. The van der Waals surface area contributed by atoms with E-state index in [1.807, 2.05) is 6.20 Å². The molecule has 1 aromatic rings. The van der Waals surface area contributed by atoms with E-state index in [0.717, 1.165) is 25.1 Å². The summed E-state index contributed by atoms with van der Waals surface area (Å²) >= 11 is 0. The highest BCUT2D eigenvalue weighted by atomic mass is 15.2. The van der Waals surface area contributed by atoms with Gasteiger partial charge in [-0.05, 0) is 45.6 Å². The van der Waals surface area contributed by atoms with Crippen molar-refractivity contribution in [2.75, 3.05) is 6.54 Å². The Balaban J connectivity index is 2.06. The van der Waals surface area contributed by atoms with Crippen molar-refractivity contribution in [2.24, 2.45) is 5.73 Å². The Hall–Kier alpha value is -1.00. The summed E-state index contributed by atoms with van der Waals surface area (Å²) < 4.78 is 0. The molecule has 0 saturated heterocycles. The maximum atomic E-state index is 6.02. The van der Waals surface area contributed by atoms with Crippen LogP contribution in [0.15, 0.2) is 18.6 Å². The van der Waals surface area contributed by atoms with Crippen LogP contribution in [-0.2, 0) is 0 Å². The summed E-state index contributed by atoms with van der Waals surface area (Å²) in [6, 6.07) is 1.40. The van der Waals surface area contributed by atoms with E-state index >= 15 is 0 Å². The largest absolute Gasteiger partial charge is 0.328 e. The van der Waals surface area contributed by atoms with Gasteiger partial charge in [0.25, 0.3) is 0 Å². The van der Waals surface area contributed by atoms with E-state index in [2.05, 4.69) is 28.7 Å². The fourth-order valence-corrected chi connectivity index (χ4v) is 3.08. The molecule has 19 heavy (non-hydrogen) atoms. The van der Waals surface area contributed by atoms with Crippen molar-refractivity contribution in [3.05, 3.63) is 24.3 Å². The Morgan fingerprint density at radius 1 is 1.32 bits per heavy atom. The number of nitrogens with zero attached hydrogens (tertiary/aromatic N) is 3. The number of nitrogens with two attached hydrogens (primary N) is 1. The van der Waals surface area contributed by atoms with Gasteiger partial charge in [0.1, 0.15) is 0 Å². The quantitative estimate of drug-likeness (QED) is 0.886. The zero-order valence-corrected chi connectivity index (χ0v) is 12.1. The van der Waals surface area contributed by atoms with Crippen LogP contribution in [0.4, 0.5) is 0 Å². The molecule has 1 fully saturated rings.